The van der Waals surface area contributed by atoms with Crippen LogP contribution in [0.5, 0.6) is 0 Å². The maximum Gasteiger partial charge on any atom is 0.109 e. The van der Waals surface area contributed by atoms with Crippen LogP contribution in [0.25, 0.3) is 0 Å². The van der Waals surface area contributed by atoms with E-state index in [0.29, 0.717) is 5.92 Å². The van der Waals surface area contributed by atoms with Crippen molar-refractivity contribution in [1.82, 2.24) is 14.9 Å². The van der Waals surface area contributed by atoms with Gasteiger partial charge in [0.05, 0.1) is 5.69 Å². The predicted octanol–water partition coefficient (Wildman–Crippen LogP) is 2.88. The lowest BCUT2D eigenvalue weighted by Gasteiger charge is -2.26. The zero-order valence-electron chi connectivity index (χ0n) is 12.4. The van der Waals surface area contributed by atoms with Crippen molar-refractivity contribution >= 4 is 0 Å². The summed E-state index contributed by atoms with van der Waals surface area (Å²) in [6.45, 7) is 8.17. The lowest BCUT2D eigenvalue weighted by atomic mass is 9.91. The summed E-state index contributed by atoms with van der Waals surface area (Å²) in [5.41, 5.74) is 3.02. The molecule has 0 unspecified atom stereocenters. The van der Waals surface area contributed by atoms with Gasteiger partial charge in [-0.15, -0.1) is 0 Å². The van der Waals surface area contributed by atoms with E-state index in [4.69, 9.17) is 4.98 Å². The highest BCUT2D eigenvalue weighted by atomic mass is 15.1. The van der Waals surface area contributed by atoms with Gasteiger partial charge in [0.1, 0.15) is 5.82 Å². The van der Waals surface area contributed by atoms with Gasteiger partial charge in [0, 0.05) is 24.6 Å². The number of aryl methyl sites for hydroxylation is 1. The molecule has 0 aromatic carbocycles. The summed E-state index contributed by atoms with van der Waals surface area (Å²) in [5.74, 6) is 2.82. The minimum atomic E-state index is 0.706. The first-order valence-corrected chi connectivity index (χ1v) is 8.04. The van der Waals surface area contributed by atoms with Gasteiger partial charge in [-0.25, -0.2) is 4.98 Å². The van der Waals surface area contributed by atoms with E-state index in [-0.39, 0.29) is 0 Å². The third-order valence-corrected chi connectivity index (χ3v) is 4.52. The van der Waals surface area contributed by atoms with Crippen LogP contribution in [-0.4, -0.2) is 22.6 Å². The van der Waals surface area contributed by atoms with Gasteiger partial charge >= 0.3 is 0 Å². The second-order valence-corrected chi connectivity index (χ2v) is 6.59. The second-order valence-electron chi connectivity index (χ2n) is 6.59. The van der Waals surface area contributed by atoms with Crippen molar-refractivity contribution in [3.05, 3.63) is 17.2 Å². The van der Waals surface area contributed by atoms with Gasteiger partial charge < -0.3 is 9.88 Å². The molecular weight excluding hydrogens is 234 g/mol. The Kier molecular flexibility index (Phi) is 3.92. The van der Waals surface area contributed by atoms with E-state index in [1.54, 1.807) is 5.69 Å². The lowest BCUT2D eigenvalue weighted by Crippen LogP contribution is -2.29. The molecule has 1 N–H and O–H groups in total. The minimum absolute atomic E-state index is 0.706. The molecule has 2 aliphatic heterocycles. The molecule has 1 fully saturated rings. The van der Waals surface area contributed by atoms with E-state index < -0.39 is 0 Å². The Hall–Kier alpha value is -0.830. The van der Waals surface area contributed by atoms with Gasteiger partial charge in [-0.2, -0.15) is 0 Å². The topological polar surface area (TPSA) is 29.9 Å². The molecule has 0 amide bonds. The van der Waals surface area contributed by atoms with E-state index >= 15 is 0 Å². The molecule has 0 radical (unpaired) electrons. The Labute approximate surface area is 116 Å². The van der Waals surface area contributed by atoms with Gasteiger partial charge in [-0.1, -0.05) is 13.8 Å². The monoisotopic (exact) mass is 261 g/mol. The number of nitrogens with one attached hydrogen (secondary N) is 1. The normalized spacial score (nSPS) is 20.8. The van der Waals surface area contributed by atoms with Crippen LogP contribution in [0.4, 0.5) is 0 Å². The molecule has 0 aliphatic carbocycles. The smallest absolute Gasteiger partial charge is 0.109 e. The van der Waals surface area contributed by atoms with E-state index in [0.717, 1.165) is 12.3 Å². The number of piperidine rings is 1. The van der Waals surface area contributed by atoms with Crippen molar-refractivity contribution in [3.63, 3.8) is 0 Å². The average Bonchev–Trinajstić information content (AvgIpc) is 2.76. The summed E-state index contributed by atoms with van der Waals surface area (Å²) in [7, 11) is 0. The molecule has 1 saturated heterocycles. The fourth-order valence-electron chi connectivity index (χ4n) is 3.65. The summed E-state index contributed by atoms with van der Waals surface area (Å²) in [6, 6.07) is 0. The molecule has 0 spiro atoms. The standard InChI is InChI=1S/C16H27N3/c1-12(2)11-14-16(13-6-8-17-9-7-13)19-10-4-3-5-15(19)18-14/h12-13,17H,3-11H2,1-2H3. The molecule has 3 nitrogen and oxygen atoms in total. The highest BCUT2D eigenvalue weighted by Crippen LogP contribution is 2.32. The number of aromatic nitrogens is 2. The maximum absolute atomic E-state index is 5.01. The van der Waals surface area contributed by atoms with Crippen LogP contribution in [0.15, 0.2) is 0 Å². The Morgan fingerprint density at radius 2 is 2.05 bits per heavy atom. The fourth-order valence-corrected chi connectivity index (χ4v) is 3.65. The molecular formula is C16H27N3. The van der Waals surface area contributed by atoms with E-state index in [1.807, 2.05) is 0 Å². The Morgan fingerprint density at radius 3 is 2.79 bits per heavy atom. The molecule has 3 rings (SSSR count). The number of rotatable bonds is 3. The first kappa shape index (κ1) is 13.2. The number of hydrogen-bond acceptors (Lipinski definition) is 2. The van der Waals surface area contributed by atoms with Gasteiger partial charge in [-0.3, -0.25) is 0 Å². The third kappa shape index (κ3) is 2.71. The molecule has 1 aromatic heterocycles. The zero-order chi connectivity index (χ0) is 13.2. The van der Waals surface area contributed by atoms with Crippen molar-refractivity contribution < 1.29 is 0 Å². The highest BCUT2D eigenvalue weighted by Gasteiger charge is 2.27. The number of fused-ring (bicyclic) bond motifs is 1. The molecule has 3 heterocycles. The summed E-state index contributed by atoms with van der Waals surface area (Å²) >= 11 is 0. The number of imidazole rings is 1. The number of nitrogens with zero attached hydrogens (tertiary/aromatic N) is 2. The first-order valence-electron chi connectivity index (χ1n) is 8.04. The largest absolute Gasteiger partial charge is 0.331 e. The van der Waals surface area contributed by atoms with Crippen molar-refractivity contribution in [2.45, 2.75) is 64.8 Å². The third-order valence-electron chi connectivity index (χ3n) is 4.52. The van der Waals surface area contributed by atoms with Crippen LogP contribution in [0.3, 0.4) is 0 Å². The molecule has 0 saturated carbocycles. The predicted molar refractivity (Wildman–Crippen MR) is 78.6 cm³/mol. The van der Waals surface area contributed by atoms with Crippen LogP contribution < -0.4 is 5.32 Å². The second kappa shape index (κ2) is 5.66. The van der Waals surface area contributed by atoms with Crippen LogP contribution in [-0.2, 0) is 19.4 Å². The van der Waals surface area contributed by atoms with Gasteiger partial charge in [0.15, 0.2) is 0 Å². The SMILES string of the molecule is CC(C)Cc1nc2n(c1C1CCNCC1)CCCC2. The van der Waals surface area contributed by atoms with Crippen LogP contribution in [0.2, 0.25) is 0 Å². The zero-order valence-corrected chi connectivity index (χ0v) is 12.4. The van der Waals surface area contributed by atoms with Gasteiger partial charge in [-0.05, 0) is 51.1 Å². The minimum Gasteiger partial charge on any atom is -0.331 e. The molecule has 0 atom stereocenters. The van der Waals surface area contributed by atoms with Gasteiger partial charge in [0.25, 0.3) is 0 Å². The van der Waals surface area contributed by atoms with Crippen molar-refractivity contribution in [2.24, 2.45) is 5.92 Å². The molecule has 106 valence electrons. The Bertz CT molecular complexity index is 427. The van der Waals surface area contributed by atoms with Crippen molar-refractivity contribution in [1.29, 1.82) is 0 Å². The fraction of sp³-hybridized carbons (Fsp3) is 0.812. The molecule has 19 heavy (non-hydrogen) atoms. The molecule has 1 aromatic rings. The summed E-state index contributed by atoms with van der Waals surface area (Å²) in [5, 5.41) is 3.49. The van der Waals surface area contributed by atoms with E-state index in [2.05, 4.69) is 23.7 Å². The van der Waals surface area contributed by atoms with Crippen molar-refractivity contribution in [3.8, 4) is 0 Å². The van der Waals surface area contributed by atoms with Gasteiger partial charge in [0.2, 0.25) is 0 Å². The maximum atomic E-state index is 5.01. The first-order chi connectivity index (χ1) is 9.25. The summed E-state index contributed by atoms with van der Waals surface area (Å²) in [6.07, 6.45) is 7.58. The molecule has 2 aliphatic rings. The quantitative estimate of drug-likeness (QED) is 0.906. The van der Waals surface area contributed by atoms with E-state index in [1.165, 1.54) is 63.3 Å². The van der Waals surface area contributed by atoms with Crippen LogP contribution in [0.1, 0.15) is 62.7 Å². The Morgan fingerprint density at radius 1 is 1.26 bits per heavy atom. The summed E-state index contributed by atoms with van der Waals surface area (Å²) < 4.78 is 2.58. The van der Waals surface area contributed by atoms with E-state index in [9.17, 15) is 0 Å². The average molecular weight is 261 g/mol. The molecule has 3 heteroatoms. The lowest BCUT2D eigenvalue weighted by molar-refractivity contribution is 0.419. The highest BCUT2D eigenvalue weighted by molar-refractivity contribution is 5.24. The van der Waals surface area contributed by atoms with Crippen LogP contribution in [0, 0.1) is 5.92 Å². The van der Waals surface area contributed by atoms with Crippen LogP contribution >= 0.6 is 0 Å². The van der Waals surface area contributed by atoms with Crippen molar-refractivity contribution in [2.75, 3.05) is 13.1 Å². The summed E-state index contributed by atoms with van der Waals surface area (Å²) in [4.78, 5) is 5.01. The molecule has 0 bridgehead atoms. The Balaban J connectivity index is 1.95. The number of hydrogen-bond donors (Lipinski definition) is 1.